The van der Waals surface area contributed by atoms with Crippen LogP contribution in [-0.2, 0) is 19.2 Å². The fourth-order valence-corrected chi connectivity index (χ4v) is 5.35. The zero-order valence-corrected chi connectivity index (χ0v) is 29.3. The van der Waals surface area contributed by atoms with E-state index in [1.165, 1.54) is 77.0 Å². The van der Waals surface area contributed by atoms with E-state index in [1.54, 1.807) is 0 Å². The molecule has 0 bridgehead atoms. The molecular formula is C36H70N6O4. The number of nitrogens with one attached hydrogen (secondary N) is 3. The summed E-state index contributed by atoms with van der Waals surface area (Å²) in [5.41, 5.74) is 16.5. The van der Waals surface area contributed by atoms with Crippen molar-refractivity contribution >= 4 is 23.6 Å². The van der Waals surface area contributed by atoms with Gasteiger partial charge in [0.1, 0.15) is 12.1 Å². The lowest BCUT2D eigenvalue weighted by molar-refractivity contribution is -0.129. The van der Waals surface area contributed by atoms with Crippen molar-refractivity contribution in [3.63, 3.8) is 0 Å². The van der Waals surface area contributed by atoms with Gasteiger partial charge in [-0.15, -0.1) is 0 Å². The zero-order chi connectivity index (χ0) is 34.1. The molecule has 0 heterocycles. The molecule has 0 radical (unpaired) electrons. The second-order valence-electron chi connectivity index (χ2n) is 12.6. The molecule has 268 valence electrons. The summed E-state index contributed by atoms with van der Waals surface area (Å²) in [7, 11) is 0. The highest BCUT2D eigenvalue weighted by molar-refractivity contribution is 5.88. The maximum Gasteiger partial charge on any atom is 0.242 e. The number of hydrogen-bond acceptors (Lipinski definition) is 6. The average Bonchev–Trinajstić information content (AvgIpc) is 3.03. The van der Waals surface area contributed by atoms with Crippen LogP contribution >= 0.6 is 0 Å². The van der Waals surface area contributed by atoms with Gasteiger partial charge in [-0.1, -0.05) is 76.9 Å². The van der Waals surface area contributed by atoms with E-state index in [2.05, 4.69) is 35.0 Å². The molecule has 10 nitrogen and oxygen atoms in total. The second kappa shape index (κ2) is 32.5. The van der Waals surface area contributed by atoms with Crippen LogP contribution in [0.2, 0.25) is 0 Å². The minimum atomic E-state index is -0.702. The van der Waals surface area contributed by atoms with Crippen molar-refractivity contribution in [2.75, 3.05) is 19.6 Å². The fraction of sp³-hybridized carbons (Fsp3) is 0.833. The summed E-state index contributed by atoms with van der Waals surface area (Å²) in [6.45, 7) is 3.93. The lowest BCUT2D eigenvalue weighted by Gasteiger charge is -2.18. The minimum absolute atomic E-state index is 0.148. The molecule has 0 aliphatic rings. The quantitative estimate of drug-likeness (QED) is 0.0407. The summed E-state index contributed by atoms with van der Waals surface area (Å²) in [4.78, 5) is 49.3. The van der Waals surface area contributed by atoms with Crippen LogP contribution in [0.25, 0.3) is 0 Å². The van der Waals surface area contributed by atoms with E-state index in [1.807, 2.05) is 0 Å². The number of allylic oxidation sites excluding steroid dienone is 2. The first-order valence-electron chi connectivity index (χ1n) is 18.6. The smallest absolute Gasteiger partial charge is 0.242 e. The number of amides is 4. The fourth-order valence-electron chi connectivity index (χ4n) is 5.35. The van der Waals surface area contributed by atoms with E-state index < -0.39 is 18.0 Å². The topological polar surface area (TPSA) is 182 Å². The monoisotopic (exact) mass is 651 g/mol. The Kier molecular flexibility index (Phi) is 30.7. The Hall–Kier alpha value is -2.46. The number of hydrogen-bond donors (Lipinski definition) is 6. The third-order valence-electron chi connectivity index (χ3n) is 8.27. The third-order valence-corrected chi connectivity index (χ3v) is 8.27. The first-order valence-corrected chi connectivity index (χ1v) is 18.6. The summed E-state index contributed by atoms with van der Waals surface area (Å²) in [5, 5.41) is 8.55. The predicted molar refractivity (Wildman–Crippen MR) is 190 cm³/mol. The molecule has 4 amide bonds. The number of rotatable bonds is 33. The van der Waals surface area contributed by atoms with Gasteiger partial charge in [-0.25, -0.2) is 0 Å². The van der Waals surface area contributed by atoms with Crippen molar-refractivity contribution < 1.29 is 19.2 Å². The zero-order valence-electron chi connectivity index (χ0n) is 29.3. The van der Waals surface area contributed by atoms with Crippen LogP contribution in [0.5, 0.6) is 0 Å². The van der Waals surface area contributed by atoms with E-state index >= 15 is 0 Å². The standard InChI is InChI=1S/C36H70N6O4/c1-2-3-4-5-6-7-8-9-10-11-12-13-14-15-16-23-30-40-36(46)32(25-20-22-29-38)42-34(44)27-18-17-26-33(43)41-31(35(39)45)24-19-21-28-37/h9-10,31-32H,2-8,11-30,37-38H2,1H3,(H2,39,45)(H,40,46)(H,41,43)(H,42,44)/b10-9-. The van der Waals surface area contributed by atoms with E-state index in [0.29, 0.717) is 51.7 Å². The van der Waals surface area contributed by atoms with Gasteiger partial charge in [-0.2, -0.15) is 0 Å². The molecule has 2 unspecified atom stereocenters. The lowest BCUT2D eigenvalue weighted by atomic mass is 10.1. The number of carbonyl (C=O) groups is 4. The molecule has 0 saturated carbocycles. The molecule has 0 aromatic rings. The first-order chi connectivity index (χ1) is 22.3. The molecule has 2 atom stereocenters. The van der Waals surface area contributed by atoms with Gasteiger partial charge in [0, 0.05) is 19.4 Å². The summed E-state index contributed by atoms with van der Waals surface area (Å²) >= 11 is 0. The van der Waals surface area contributed by atoms with Crippen LogP contribution < -0.4 is 33.2 Å². The highest BCUT2D eigenvalue weighted by Crippen LogP contribution is 2.10. The van der Waals surface area contributed by atoms with Crippen molar-refractivity contribution in [3.8, 4) is 0 Å². The van der Waals surface area contributed by atoms with Crippen LogP contribution in [-0.4, -0.2) is 55.3 Å². The van der Waals surface area contributed by atoms with Crippen LogP contribution in [0.4, 0.5) is 0 Å². The van der Waals surface area contributed by atoms with Gasteiger partial charge in [-0.05, 0) is 96.6 Å². The summed E-state index contributed by atoms with van der Waals surface area (Å²) in [6.07, 6.45) is 27.5. The van der Waals surface area contributed by atoms with Gasteiger partial charge in [0.25, 0.3) is 0 Å². The van der Waals surface area contributed by atoms with Gasteiger partial charge < -0.3 is 33.2 Å². The summed E-state index contributed by atoms with van der Waals surface area (Å²) < 4.78 is 0. The van der Waals surface area contributed by atoms with Gasteiger partial charge in [0.2, 0.25) is 23.6 Å². The SMILES string of the molecule is CCCCCCCC/C=C\CCCCCCCCNC(=O)C(CCCCN)NC(=O)CCCCC(=O)NC(CCCCN)C(N)=O. The Balaban J connectivity index is 4.12. The third kappa shape index (κ3) is 27.8. The Morgan fingerprint density at radius 2 is 1.02 bits per heavy atom. The van der Waals surface area contributed by atoms with Crippen molar-refractivity contribution in [1.82, 2.24) is 16.0 Å². The van der Waals surface area contributed by atoms with E-state index in [4.69, 9.17) is 17.2 Å². The molecule has 46 heavy (non-hydrogen) atoms. The Morgan fingerprint density at radius 3 is 1.52 bits per heavy atom. The van der Waals surface area contributed by atoms with Crippen LogP contribution in [0, 0.1) is 0 Å². The second-order valence-corrected chi connectivity index (χ2v) is 12.6. The van der Waals surface area contributed by atoms with Gasteiger partial charge >= 0.3 is 0 Å². The maximum absolute atomic E-state index is 12.8. The van der Waals surface area contributed by atoms with Crippen molar-refractivity contribution in [3.05, 3.63) is 12.2 Å². The van der Waals surface area contributed by atoms with E-state index in [9.17, 15) is 19.2 Å². The van der Waals surface area contributed by atoms with Gasteiger partial charge in [0.15, 0.2) is 0 Å². The summed E-state index contributed by atoms with van der Waals surface area (Å²) in [5.74, 6) is -1.18. The molecule has 0 aliphatic heterocycles. The number of primary amides is 1. The van der Waals surface area contributed by atoms with Crippen LogP contribution in [0.1, 0.15) is 161 Å². The van der Waals surface area contributed by atoms with Crippen molar-refractivity contribution in [2.24, 2.45) is 17.2 Å². The van der Waals surface area contributed by atoms with Crippen molar-refractivity contribution in [1.29, 1.82) is 0 Å². The molecule has 9 N–H and O–H groups in total. The molecule has 0 aromatic heterocycles. The van der Waals surface area contributed by atoms with Crippen LogP contribution in [0.3, 0.4) is 0 Å². The highest BCUT2D eigenvalue weighted by Gasteiger charge is 2.20. The van der Waals surface area contributed by atoms with E-state index in [-0.39, 0.29) is 30.6 Å². The molecule has 0 aromatic carbocycles. The number of nitrogens with two attached hydrogens (primary N) is 3. The van der Waals surface area contributed by atoms with E-state index in [0.717, 1.165) is 32.1 Å². The molecule has 0 spiro atoms. The Labute approximate surface area is 280 Å². The Bertz CT molecular complexity index is 807. The first kappa shape index (κ1) is 43.5. The molecule has 0 fully saturated rings. The normalized spacial score (nSPS) is 12.6. The molecular weight excluding hydrogens is 580 g/mol. The Morgan fingerprint density at radius 1 is 0.565 bits per heavy atom. The van der Waals surface area contributed by atoms with Crippen molar-refractivity contribution in [2.45, 2.75) is 173 Å². The molecule has 0 saturated heterocycles. The lowest BCUT2D eigenvalue weighted by Crippen LogP contribution is -2.47. The number of carbonyl (C=O) groups excluding carboxylic acids is 4. The predicted octanol–water partition coefficient (Wildman–Crippen LogP) is 5.41. The van der Waals surface area contributed by atoms with Crippen LogP contribution in [0.15, 0.2) is 12.2 Å². The van der Waals surface area contributed by atoms with Gasteiger partial charge in [0.05, 0.1) is 0 Å². The molecule has 0 aliphatic carbocycles. The molecule has 0 rings (SSSR count). The van der Waals surface area contributed by atoms with Gasteiger partial charge in [-0.3, -0.25) is 19.2 Å². The largest absolute Gasteiger partial charge is 0.368 e. The highest BCUT2D eigenvalue weighted by atomic mass is 16.2. The molecule has 10 heteroatoms. The maximum atomic E-state index is 12.8. The number of unbranched alkanes of at least 4 members (excludes halogenated alkanes) is 15. The average molecular weight is 651 g/mol. The minimum Gasteiger partial charge on any atom is -0.368 e. The summed E-state index contributed by atoms with van der Waals surface area (Å²) in [6, 6.07) is -1.28.